The molecule has 3 aromatic rings. The number of hydrogen-bond acceptors (Lipinski definition) is 6. The highest BCUT2D eigenvalue weighted by atomic mass is 79.9. The predicted molar refractivity (Wildman–Crippen MR) is 102 cm³/mol. The van der Waals surface area contributed by atoms with E-state index in [1.54, 1.807) is 39.1 Å². The van der Waals surface area contributed by atoms with Crippen LogP contribution in [0.1, 0.15) is 39.1 Å². The molecule has 0 aliphatic heterocycles. The van der Waals surface area contributed by atoms with Gasteiger partial charge in [-0.25, -0.2) is 9.59 Å². The van der Waals surface area contributed by atoms with Gasteiger partial charge in [0.15, 0.2) is 0 Å². The number of nitrogens with zero attached hydrogens (tertiary/aromatic N) is 2. The van der Waals surface area contributed by atoms with Crippen molar-refractivity contribution >= 4 is 50.4 Å². The van der Waals surface area contributed by atoms with E-state index in [-0.39, 0.29) is 29.7 Å². The molecule has 0 saturated carbocycles. The molecule has 0 amide bonds. The molecule has 0 aliphatic carbocycles. The SMILES string of the molecule is CCOC(=O)c1oc2ccc(Br)cc2c1COC(=O)c1c(C)nn(C)c1Cl. The van der Waals surface area contributed by atoms with Gasteiger partial charge in [0, 0.05) is 16.9 Å². The Morgan fingerprint density at radius 2 is 2.04 bits per heavy atom. The predicted octanol–water partition coefficient (Wildman–Crippen LogP) is 4.42. The molecule has 3 rings (SSSR count). The molecule has 0 spiro atoms. The Hall–Kier alpha value is -2.32. The summed E-state index contributed by atoms with van der Waals surface area (Å²) >= 11 is 9.50. The number of carbonyl (C=O) groups excluding carboxylic acids is 2. The van der Waals surface area contributed by atoms with E-state index < -0.39 is 11.9 Å². The third-order valence-corrected chi connectivity index (χ3v) is 4.84. The number of fused-ring (bicyclic) bond motifs is 1. The van der Waals surface area contributed by atoms with Crippen molar-refractivity contribution < 1.29 is 23.5 Å². The van der Waals surface area contributed by atoms with Gasteiger partial charge in [0.2, 0.25) is 5.76 Å². The highest BCUT2D eigenvalue weighted by molar-refractivity contribution is 9.10. The maximum absolute atomic E-state index is 12.5. The van der Waals surface area contributed by atoms with E-state index in [0.29, 0.717) is 22.2 Å². The molecule has 0 bridgehead atoms. The van der Waals surface area contributed by atoms with Gasteiger partial charge in [-0.1, -0.05) is 27.5 Å². The van der Waals surface area contributed by atoms with Crippen LogP contribution in [0.25, 0.3) is 11.0 Å². The first-order chi connectivity index (χ1) is 12.8. The number of rotatable bonds is 5. The Balaban J connectivity index is 1.95. The highest BCUT2D eigenvalue weighted by Crippen LogP contribution is 2.30. The van der Waals surface area contributed by atoms with Crippen LogP contribution < -0.4 is 0 Å². The molecule has 0 N–H and O–H groups in total. The van der Waals surface area contributed by atoms with Crippen LogP contribution in [0.15, 0.2) is 27.1 Å². The van der Waals surface area contributed by atoms with Crippen molar-refractivity contribution in [3.05, 3.63) is 50.4 Å². The molecule has 9 heteroatoms. The summed E-state index contributed by atoms with van der Waals surface area (Å²) in [6, 6.07) is 5.29. The van der Waals surface area contributed by atoms with Gasteiger partial charge in [-0.05, 0) is 32.0 Å². The average Bonchev–Trinajstić information content (AvgIpc) is 3.09. The van der Waals surface area contributed by atoms with Gasteiger partial charge in [0.25, 0.3) is 0 Å². The fourth-order valence-corrected chi connectivity index (χ4v) is 3.31. The molecule has 0 unspecified atom stereocenters. The third kappa shape index (κ3) is 3.72. The zero-order valence-electron chi connectivity index (χ0n) is 14.8. The molecular formula is C18H16BrClN2O5. The zero-order valence-corrected chi connectivity index (χ0v) is 17.2. The van der Waals surface area contributed by atoms with Crippen LogP contribution in [0.3, 0.4) is 0 Å². The largest absolute Gasteiger partial charge is 0.460 e. The van der Waals surface area contributed by atoms with Crippen molar-refractivity contribution in [3.63, 3.8) is 0 Å². The van der Waals surface area contributed by atoms with Crippen LogP contribution in [0, 0.1) is 6.92 Å². The lowest BCUT2D eigenvalue weighted by molar-refractivity contribution is 0.0435. The van der Waals surface area contributed by atoms with Crippen molar-refractivity contribution in [2.45, 2.75) is 20.5 Å². The topological polar surface area (TPSA) is 83.6 Å². The van der Waals surface area contributed by atoms with Crippen molar-refractivity contribution in [2.75, 3.05) is 6.61 Å². The van der Waals surface area contributed by atoms with Gasteiger partial charge < -0.3 is 13.9 Å². The van der Waals surface area contributed by atoms with Gasteiger partial charge in [-0.15, -0.1) is 0 Å². The van der Waals surface area contributed by atoms with E-state index in [1.807, 2.05) is 0 Å². The van der Waals surface area contributed by atoms with Crippen molar-refractivity contribution in [1.82, 2.24) is 9.78 Å². The number of halogens is 2. The number of hydrogen-bond donors (Lipinski definition) is 0. The first-order valence-electron chi connectivity index (χ1n) is 8.07. The van der Waals surface area contributed by atoms with E-state index in [1.165, 1.54) is 4.68 Å². The summed E-state index contributed by atoms with van der Waals surface area (Å²) in [4.78, 5) is 24.7. The quantitative estimate of drug-likeness (QED) is 0.529. The Morgan fingerprint density at radius 3 is 2.67 bits per heavy atom. The zero-order chi connectivity index (χ0) is 19.7. The van der Waals surface area contributed by atoms with Crippen LogP contribution in [0.5, 0.6) is 0 Å². The van der Waals surface area contributed by atoms with Gasteiger partial charge in [-0.2, -0.15) is 5.10 Å². The molecule has 27 heavy (non-hydrogen) atoms. The first-order valence-corrected chi connectivity index (χ1v) is 9.24. The fraction of sp³-hybridized carbons (Fsp3) is 0.278. The van der Waals surface area contributed by atoms with E-state index >= 15 is 0 Å². The van der Waals surface area contributed by atoms with Crippen LogP contribution in [0.2, 0.25) is 5.15 Å². The number of furan rings is 1. The minimum Gasteiger partial charge on any atom is -0.460 e. The Kier molecular flexibility index (Phi) is 5.57. The summed E-state index contributed by atoms with van der Waals surface area (Å²) < 4.78 is 18.3. The minimum atomic E-state index is -0.634. The lowest BCUT2D eigenvalue weighted by Crippen LogP contribution is -2.10. The molecule has 2 aromatic heterocycles. The molecule has 0 saturated heterocycles. The maximum Gasteiger partial charge on any atom is 0.374 e. The van der Waals surface area contributed by atoms with Crippen LogP contribution in [-0.2, 0) is 23.1 Å². The lowest BCUT2D eigenvalue weighted by Gasteiger charge is -2.06. The standard InChI is InChI=1S/C18H16BrClN2O5/c1-4-25-18(24)15-12(11-7-10(19)5-6-13(11)27-15)8-26-17(23)14-9(2)21-22(3)16(14)20/h5-7H,4,8H2,1-3H3. The second-order valence-electron chi connectivity index (χ2n) is 5.72. The van der Waals surface area contributed by atoms with Crippen LogP contribution in [0.4, 0.5) is 0 Å². The number of benzene rings is 1. The van der Waals surface area contributed by atoms with E-state index in [2.05, 4.69) is 21.0 Å². The van der Waals surface area contributed by atoms with Crippen molar-refractivity contribution in [1.29, 1.82) is 0 Å². The van der Waals surface area contributed by atoms with Crippen molar-refractivity contribution in [3.8, 4) is 0 Å². The number of esters is 2. The summed E-state index contributed by atoms with van der Waals surface area (Å²) in [6.07, 6.45) is 0. The van der Waals surface area contributed by atoms with E-state index in [9.17, 15) is 9.59 Å². The number of aromatic nitrogens is 2. The number of ether oxygens (including phenoxy) is 2. The molecule has 0 aliphatic rings. The van der Waals surface area contributed by atoms with E-state index in [0.717, 1.165) is 4.47 Å². The van der Waals surface area contributed by atoms with Crippen LogP contribution >= 0.6 is 27.5 Å². The third-order valence-electron chi connectivity index (χ3n) is 3.92. The normalized spacial score (nSPS) is 11.0. The smallest absolute Gasteiger partial charge is 0.374 e. The highest BCUT2D eigenvalue weighted by Gasteiger charge is 2.25. The van der Waals surface area contributed by atoms with Crippen molar-refractivity contribution in [2.24, 2.45) is 7.05 Å². The summed E-state index contributed by atoms with van der Waals surface area (Å²) in [5.74, 6) is -1.25. The summed E-state index contributed by atoms with van der Waals surface area (Å²) in [7, 11) is 1.63. The average molecular weight is 456 g/mol. The van der Waals surface area contributed by atoms with E-state index in [4.69, 9.17) is 25.5 Å². The second-order valence-corrected chi connectivity index (χ2v) is 7.00. The molecule has 142 valence electrons. The molecule has 2 heterocycles. The number of carbonyl (C=O) groups is 2. The molecule has 1 aromatic carbocycles. The molecule has 0 fully saturated rings. The molecule has 0 atom stereocenters. The van der Waals surface area contributed by atoms with Gasteiger partial charge in [0.1, 0.15) is 22.9 Å². The minimum absolute atomic E-state index is 0.00626. The summed E-state index contributed by atoms with van der Waals surface area (Å²) in [6.45, 7) is 3.38. The second kappa shape index (κ2) is 7.74. The maximum atomic E-state index is 12.5. The van der Waals surface area contributed by atoms with Crippen LogP contribution in [-0.4, -0.2) is 28.3 Å². The number of aryl methyl sites for hydroxylation is 2. The summed E-state index contributed by atoms with van der Waals surface area (Å²) in [5.41, 5.74) is 1.56. The first kappa shape index (κ1) is 19.4. The van der Waals surface area contributed by atoms with Gasteiger partial charge in [0.05, 0.1) is 17.9 Å². The Bertz CT molecular complexity index is 1040. The Morgan fingerprint density at radius 1 is 1.30 bits per heavy atom. The molecule has 7 nitrogen and oxygen atoms in total. The molecule has 0 radical (unpaired) electrons. The van der Waals surface area contributed by atoms with Gasteiger partial charge in [-0.3, -0.25) is 4.68 Å². The Labute approximate surface area is 168 Å². The lowest BCUT2D eigenvalue weighted by atomic mass is 10.1. The fourth-order valence-electron chi connectivity index (χ4n) is 2.70. The van der Waals surface area contributed by atoms with Gasteiger partial charge >= 0.3 is 11.9 Å². The monoisotopic (exact) mass is 454 g/mol. The molecular weight excluding hydrogens is 440 g/mol. The summed E-state index contributed by atoms with van der Waals surface area (Å²) in [5, 5.41) is 4.92.